The Kier molecular flexibility index (Phi) is 7.51. The van der Waals surface area contributed by atoms with E-state index < -0.39 is 17.8 Å². The third-order valence-electron chi connectivity index (χ3n) is 6.52. The predicted octanol–water partition coefficient (Wildman–Crippen LogP) is 4.99. The quantitative estimate of drug-likeness (QED) is 0.280. The van der Waals surface area contributed by atoms with Crippen LogP contribution in [0.2, 0.25) is 0 Å². The molecule has 1 aliphatic rings. The fraction of sp³-hybridized carbons (Fsp3) is 0.241. The summed E-state index contributed by atoms with van der Waals surface area (Å²) in [6, 6.07) is 22.2. The molecule has 1 aromatic heterocycles. The highest BCUT2D eigenvalue weighted by Crippen LogP contribution is 2.35. The van der Waals surface area contributed by atoms with E-state index in [2.05, 4.69) is 16.1 Å². The molecule has 0 saturated heterocycles. The van der Waals surface area contributed by atoms with Crippen molar-refractivity contribution in [3.8, 4) is 5.69 Å². The van der Waals surface area contributed by atoms with Gasteiger partial charge in [-0.2, -0.15) is 18.3 Å². The average Bonchev–Trinajstić information content (AvgIpc) is 3.62. The number of alkyl halides is 3. The monoisotopic (exact) mass is 536 g/mol. The van der Waals surface area contributed by atoms with Crippen molar-refractivity contribution in [2.24, 2.45) is 11.7 Å². The Morgan fingerprint density at radius 3 is 2.46 bits per heavy atom. The summed E-state index contributed by atoms with van der Waals surface area (Å²) in [5, 5.41) is 6.43. The summed E-state index contributed by atoms with van der Waals surface area (Å²) >= 11 is 0. The van der Waals surface area contributed by atoms with Crippen molar-refractivity contribution in [3.63, 3.8) is 0 Å². The fourth-order valence-electron chi connectivity index (χ4n) is 4.33. The SMILES string of the molecule is NCc1cccc(-n2nc(C(F)(F)F)cc2C(=O)Nc2cccc(C(OCC3CC3)c3cccc([NH3+])c3)c2)c1. The average molecular weight is 537 g/mol. The molecule has 1 unspecified atom stereocenters. The highest BCUT2D eigenvalue weighted by Gasteiger charge is 2.36. The van der Waals surface area contributed by atoms with E-state index in [1.54, 1.807) is 42.5 Å². The number of halogens is 3. The van der Waals surface area contributed by atoms with Crippen LogP contribution in [0.3, 0.4) is 0 Å². The second kappa shape index (κ2) is 11.0. The minimum atomic E-state index is -4.72. The molecule has 0 aliphatic heterocycles. The van der Waals surface area contributed by atoms with Gasteiger partial charge in [0.1, 0.15) is 17.5 Å². The molecule has 7 nitrogen and oxygen atoms in total. The molecule has 5 rings (SSSR count). The van der Waals surface area contributed by atoms with Crippen LogP contribution in [0, 0.1) is 5.92 Å². The summed E-state index contributed by atoms with van der Waals surface area (Å²) in [5.41, 5.74) is 12.3. The number of nitrogens with two attached hydrogens (primary N) is 1. The number of benzene rings is 3. The van der Waals surface area contributed by atoms with Crippen molar-refractivity contribution in [1.82, 2.24) is 9.78 Å². The molecule has 39 heavy (non-hydrogen) atoms. The van der Waals surface area contributed by atoms with Gasteiger partial charge in [0, 0.05) is 24.4 Å². The smallest absolute Gasteiger partial charge is 0.368 e. The van der Waals surface area contributed by atoms with E-state index in [4.69, 9.17) is 10.5 Å². The molecule has 1 fully saturated rings. The van der Waals surface area contributed by atoms with E-state index in [0.29, 0.717) is 29.5 Å². The van der Waals surface area contributed by atoms with Crippen LogP contribution in [0.1, 0.15) is 51.8 Å². The van der Waals surface area contributed by atoms with Crippen molar-refractivity contribution in [3.05, 3.63) is 107 Å². The summed E-state index contributed by atoms with van der Waals surface area (Å²) < 4.78 is 47.9. The Hall–Kier alpha value is -3.99. The van der Waals surface area contributed by atoms with Gasteiger partial charge in [-0.15, -0.1) is 0 Å². The molecule has 10 heteroatoms. The lowest BCUT2D eigenvalue weighted by molar-refractivity contribution is -0.254. The lowest BCUT2D eigenvalue weighted by Gasteiger charge is -2.20. The molecule has 3 aromatic carbocycles. The van der Waals surface area contributed by atoms with Gasteiger partial charge in [-0.3, -0.25) is 4.79 Å². The molecule has 6 N–H and O–H groups in total. The number of carbonyl (C=O) groups is 1. The first kappa shape index (κ1) is 26.6. The number of hydrogen-bond donors (Lipinski definition) is 3. The van der Waals surface area contributed by atoms with Crippen molar-refractivity contribution in [2.45, 2.75) is 31.7 Å². The van der Waals surface area contributed by atoms with Gasteiger partial charge in [0.05, 0.1) is 12.3 Å². The largest absolute Gasteiger partial charge is 0.435 e. The van der Waals surface area contributed by atoms with E-state index in [1.165, 1.54) is 0 Å². The third-order valence-corrected chi connectivity index (χ3v) is 6.52. The second-order valence-corrected chi connectivity index (χ2v) is 9.68. The number of ether oxygens (including phenoxy) is 1. The van der Waals surface area contributed by atoms with E-state index >= 15 is 0 Å². The maximum Gasteiger partial charge on any atom is 0.435 e. The van der Waals surface area contributed by atoms with Crippen LogP contribution in [-0.4, -0.2) is 22.3 Å². The summed E-state index contributed by atoms with van der Waals surface area (Å²) in [6.07, 6.45) is -2.83. The minimum Gasteiger partial charge on any atom is -0.368 e. The molecule has 0 spiro atoms. The van der Waals surface area contributed by atoms with E-state index in [9.17, 15) is 18.0 Å². The maximum absolute atomic E-state index is 13.6. The van der Waals surface area contributed by atoms with Crippen LogP contribution in [-0.2, 0) is 17.5 Å². The summed E-state index contributed by atoms with van der Waals surface area (Å²) in [4.78, 5) is 13.3. The molecule has 1 heterocycles. The van der Waals surface area contributed by atoms with E-state index in [1.807, 2.05) is 30.3 Å². The van der Waals surface area contributed by atoms with Crippen LogP contribution in [0.5, 0.6) is 0 Å². The normalized spacial score (nSPS) is 14.3. The molecule has 4 aromatic rings. The number of rotatable bonds is 9. The second-order valence-electron chi connectivity index (χ2n) is 9.68. The van der Waals surface area contributed by atoms with Crippen LogP contribution in [0.15, 0.2) is 78.9 Å². The Labute approximate surface area is 223 Å². The summed E-state index contributed by atoms with van der Waals surface area (Å²) in [6.45, 7) is 0.806. The first-order valence-corrected chi connectivity index (χ1v) is 12.6. The highest BCUT2D eigenvalue weighted by molar-refractivity contribution is 6.03. The molecule has 0 bridgehead atoms. The number of quaternary nitrogens is 1. The molecule has 1 amide bonds. The summed E-state index contributed by atoms with van der Waals surface area (Å²) in [7, 11) is 0. The van der Waals surface area contributed by atoms with E-state index in [-0.39, 0.29) is 18.3 Å². The van der Waals surface area contributed by atoms with Gasteiger partial charge in [0.2, 0.25) is 0 Å². The van der Waals surface area contributed by atoms with Gasteiger partial charge in [0.15, 0.2) is 5.69 Å². The van der Waals surface area contributed by atoms with Crippen LogP contribution < -0.4 is 16.8 Å². The number of hydrogen-bond acceptors (Lipinski definition) is 4. The number of amides is 1. The third kappa shape index (κ3) is 6.36. The zero-order valence-corrected chi connectivity index (χ0v) is 21.1. The van der Waals surface area contributed by atoms with Gasteiger partial charge in [0.25, 0.3) is 5.91 Å². The van der Waals surface area contributed by atoms with Gasteiger partial charge in [-0.1, -0.05) is 36.4 Å². The number of nitrogens with one attached hydrogen (secondary N) is 1. The van der Waals surface area contributed by atoms with Crippen molar-refractivity contribution in [1.29, 1.82) is 0 Å². The van der Waals surface area contributed by atoms with Crippen LogP contribution >= 0.6 is 0 Å². The Morgan fingerprint density at radius 2 is 1.77 bits per heavy atom. The zero-order chi connectivity index (χ0) is 27.6. The number of aromatic nitrogens is 2. The predicted molar refractivity (Wildman–Crippen MR) is 140 cm³/mol. The molecule has 1 saturated carbocycles. The van der Waals surface area contributed by atoms with Gasteiger partial charge in [-0.25, -0.2) is 4.68 Å². The maximum atomic E-state index is 13.6. The number of carbonyl (C=O) groups excluding carboxylic acids is 1. The molecule has 202 valence electrons. The fourth-order valence-corrected chi connectivity index (χ4v) is 4.33. The number of nitrogens with zero attached hydrogens (tertiary/aromatic N) is 2. The molecule has 0 radical (unpaired) electrons. The van der Waals surface area contributed by atoms with Gasteiger partial charge < -0.3 is 21.5 Å². The molecule has 1 aliphatic carbocycles. The van der Waals surface area contributed by atoms with E-state index in [0.717, 1.165) is 40.4 Å². The van der Waals surface area contributed by atoms with Gasteiger partial charge >= 0.3 is 6.18 Å². The lowest BCUT2D eigenvalue weighted by atomic mass is 10.00. The summed E-state index contributed by atoms with van der Waals surface area (Å²) in [5.74, 6) is -0.192. The standard InChI is InChI=1S/C29H28F3N5O2/c30-29(31,32)26-15-25(37(36-26)24-9-1-4-19(12-24)16-33)28(38)35-23-8-3-6-21(14-23)27(39-17-18-10-11-18)20-5-2-7-22(34)13-20/h1-9,12-15,18,27H,10-11,16-17,33-34H2,(H,35,38)/p+1. The molecular formula is C29H29F3N5O2+. The number of anilines is 1. The highest BCUT2D eigenvalue weighted by atomic mass is 19.4. The van der Waals surface area contributed by atoms with Crippen molar-refractivity contribution in [2.75, 3.05) is 11.9 Å². The first-order chi connectivity index (χ1) is 18.7. The Balaban J connectivity index is 1.45. The van der Waals surface area contributed by atoms with Crippen molar-refractivity contribution < 1.29 is 28.4 Å². The van der Waals surface area contributed by atoms with Crippen molar-refractivity contribution >= 4 is 17.3 Å². The van der Waals surface area contributed by atoms with Gasteiger partial charge in [-0.05, 0) is 65.8 Å². The topological polar surface area (TPSA) is 110 Å². The first-order valence-electron chi connectivity index (χ1n) is 12.6. The lowest BCUT2D eigenvalue weighted by Crippen LogP contribution is -2.40. The van der Waals surface area contributed by atoms with Crippen LogP contribution in [0.4, 0.5) is 24.5 Å². The Morgan fingerprint density at radius 1 is 1.05 bits per heavy atom. The minimum absolute atomic E-state index is 0.191. The Bertz CT molecular complexity index is 1480. The van der Waals surface area contributed by atoms with Crippen LogP contribution in [0.25, 0.3) is 5.69 Å². The molecule has 1 atom stereocenters. The molecular weight excluding hydrogens is 507 g/mol. The zero-order valence-electron chi connectivity index (χ0n) is 21.1.